The van der Waals surface area contributed by atoms with Gasteiger partial charge in [-0.3, -0.25) is 9.78 Å². The number of carbonyl (C=O) groups is 1. The maximum atomic E-state index is 12.8. The van der Waals surface area contributed by atoms with E-state index in [0.29, 0.717) is 50.5 Å². The van der Waals surface area contributed by atoms with Crippen molar-refractivity contribution >= 4 is 11.7 Å². The Balaban J connectivity index is 1.52. The Bertz CT molecular complexity index is 911. The number of carbonyl (C=O) groups excluding carboxylic acids is 1. The second kappa shape index (κ2) is 7.59. The Labute approximate surface area is 170 Å². The number of rotatable bonds is 3. The number of ether oxygens (including phenoxy) is 1. The van der Waals surface area contributed by atoms with E-state index in [2.05, 4.69) is 19.9 Å². The third-order valence-corrected chi connectivity index (χ3v) is 6.11. The van der Waals surface area contributed by atoms with Crippen molar-refractivity contribution in [2.75, 3.05) is 31.6 Å². The Morgan fingerprint density at radius 3 is 2.69 bits per heavy atom. The van der Waals surface area contributed by atoms with Crippen LogP contribution in [0.25, 0.3) is 0 Å². The van der Waals surface area contributed by atoms with E-state index >= 15 is 0 Å². The zero-order chi connectivity index (χ0) is 20.6. The van der Waals surface area contributed by atoms with E-state index < -0.39 is 11.5 Å². The standard InChI is InChI=1S/C21H27N5O3/c1-14-18(23-13-24-19(14)29-17-5-4-8-22-15(17)2)26-9-6-21(7-10-26)11-16(27)12-25(3)20(21)28/h4-5,8,13,16,27H,6-7,9-12H2,1-3H3. The molecule has 2 fully saturated rings. The van der Waals surface area contributed by atoms with Crippen molar-refractivity contribution in [1.82, 2.24) is 19.9 Å². The molecule has 1 amide bonds. The molecule has 0 aliphatic carbocycles. The lowest BCUT2D eigenvalue weighted by Gasteiger charge is -2.47. The third-order valence-electron chi connectivity index (χ3n) is 6.11. The Morgan fingerprint density at radius 2 is 1.97 bits per heavy atom. The number of aliphatic hydroxyl groups is 1. The first-order valence-electron chi connectivity index (χ1n) is 9.99. The number of amides is 1. The lowest BCUT2D eigenvalue weighted by molar-refractivity contribution is -0.152. The number of β-amino-alcohol motifs (C(OH)–C–C–N with tert-alkyl or cyclic N) is 1. The van der Waals surface area contributed by atoms with Gasteiger partial charge in [-0.05, 0) is 45.2 Å². The molecule has 0 saturated carbocycles. The van der Waals surface area contributed by atoms with Crippen LogP contribution >= 0.6 is 0 Å². The summed E-state index contributed by atoms with van der Waals surface area (Å²) in [6.07, 6.45) is 4.74. The molecular formula is C21H27N5O3. The first kappa shape index (κ1) is 19.6. The number of aromatic nitrogens is 3. The quantitative estimate of drug-likeness (QED) is 0.848. The van der Waals surface area contributed by atoms with Crippen LogP contribution in [-0.4, -0.2) is 63.7 Å². The molecule has 2 saturated heterocycles. The first-order valence-corrected chi connectivity index (χ1v) is 9.99. The molecule has 2 aliphatic rings. The predicted octanol–water partition coefficient (Wildman–Crippen LogP) is 2.09. The summed E-state index contributed by atoms with van der Waals surface area (Å²) in [4.78, 5) is 29.7. The second-order valence-corrected chi connectivity index (χ2v) is 8.13. The molecule has 0 radical (unpaired) electrons. The number of pyridine rings is 1. The topological polar surface area (TPSA) is 91.7 Å². The Morgan fingerprint density at radius 1 is 1.21 bits per heavy atom. The number of aryl methyl sites for hydroxylation is 1. The van der Waals surface area contributed by atoms with Crippen LogP contribution in [0.4, 0.5) is 5.82 Å². The highest BCUT2D eigenvalue weighted by atomic mass is 16.5. The van der Waals surface area contributed by atoms with Crippen LogP contribution in [0.2, 0.25) is 0 Å². The maximum absolute atomic E-state index is 12.8. The van der Waals surface area contributed by atoms with Crippen molar-refractivity contribution in [2.45, 2.75) is 39.2 Å². The molecule has 1 unspecified atom stereocenters. The van der Waals surface area contributed by atoms with Gasteiger partial charge in [-0.15, -0.1) is 0 Å². The molecule has 8 heteroatoms. The van der Waals surface area contributed by atoms with Crippen LogP contribution in [0.3, 0.4) is 0 Å². The van der Waals surface area contributed by atoms with E-state index in [0.717, 1.165) is 17.1 Å². The molecule has 8 nitrogen and oxygen atoms in total. The zero-order valence-electron chi connectivity index (χ0n) is 17.1. The highest BCUT2D eigenvalue weighted by Gasteiger charge is 2.47. The molecule has 2 aromatic rings. The van der Waals surface area contributed by atoms with Gasteiger partial charge in [0.05, 0.1) is 22.8 Å². The molecule has 29 heavy (non-hydrogen) atoms. The summed E-state index contributed by atoms with van der Waals surface area (Å²) in [5, 5.41) is 10.2. The number of likely N-dealkylation sites (N-methyl/N-ethyl adjacent to an activating group) is 1. The van der Waals surface area contributed by atoms with Crippen LogP contribution in [-0.2, 0) is 4.79 Å². The number of hydrogen-bond donors (Lipinski definition) is 1. The summed E-state index contributed by atoms with van der Waals surface area (Å²) in [5.41, 5.74) is 1.19. The normalized spacial score (nSPS) is 21.5. The monoisotopic (exact) mass is 397 g/mol. The molecule has 154 valence electrons. The van der Waals surface area contributed by atoms with Crippen LogP contribution < -0.4 is 9.64 Å². The fourth-order valence-electron chi connectivity index (χ4n) is 4.50. The summed E-state index contributed by atoms with van der Waals surface area (Å²) in [5.74, 6) is 2.15. The van der Waals surface area contributed by atoms with Gasteiger partial charge < -0.3 is 19.6 Å². The van der Waals surface area contributed by atoms with Gasteiger partial charge >= 0.3 is 0 Å². The maximum Gasteiger partial charge on any atom is 0.228 e. The van der Waals surface area contributed by atoms with Crippen LogP contribution in [0.1, 0.15) is 30.5 Å². The number of anilines is 1. The van der Waals surface area contributed by atoms with Gasteiger partial charge in [0.1, 0.15) is 12.1 Å². The zero-order valence-corrected chi connectivity index (χ0v) is 17.1. The number of hydrogen-bond acceptors (Lipinski definition) is 7. The van der Waals surface area contributed by atoms with E-state index in [1.54, 1.807) is 18.1 Å². The molecule has 4 rings (SSSR count). The van der Waals surface area contributed by atoms with E-state index in [1.165, 1.54) is 6.33 Å². The molecule has 1 spiro atoms. The van der Waals surface area contributed by atoms with Crippen molar-refractivity contribution in [1.29, 1.82) is 0 Å². The van der Waals surface area contributed by atoms with Crippen LogP contribution in [0, 0.1) is 19.3 Å². The van der Waals surface area contributed by atoms with Gasteiger partial charge in [0, 0.05) is 32.9 Å². The Kier molecular flexibility index (Phi) is 5.12. The lowest BCUT2D eigenvalue weighted by Crippen LogP contribution is -2.56. The number of nitrogens with zero attached hydrogens (tertiary/aromatic N) is 5. The molecular weight excluding hydrogens is 370 g/mol. The number of aliphatic hydroxyl groups excluding tert-OH is 1. The highest BCUT2D eigenvalue weighted by molar-refractivity contribution is 5.84. The number of piperidine rings is 2. The summed E-state index contributed by atoms with van der Waals surface area (Å²) in [7, 11) is 1.78. The van der Waals surface area contributed by atoms with E-state index in [-0.39, 0.29) is 5.91 Å². The summed E-state index contributed by atoms with van der Waals surface area (Å²) in [6.45, 7) is 5.67. The molecule has 0 aromatic carbocycles. The van der Waals surface area contributed by atoms with Gasteiger partial charge in [-0.1, -0.05) is 0 Å². The lowest BCUT2D eigenvalue weighted by atomic mass is 9.71. The van der Waals surface area contributed by atoms with Gasteiger partial charge in [-0.2, -0.15) is 0 Å². The largest absolute Gasteiger partial charge is 0.437 e. The average molecular weight is 397 g/mol. The smallest absolute Gasteiger partial charge is 0.228 e. The van der Waals surface area contributed by atoms with Gasteiger partial charge in [-0.25, -0.2) is 9.97 Å². The van der Waals surface area contributed by atoms with Gasteiger partial charge in [0.2, 0.25) is 11.8 Å². The second-order valence-electron chi connectivity index (χ2n) is 8.13. The molecule has 0 bridgehead atoms. The minimum atomic E-state index is -0.462. The first-order chi connectivity index (χ1) is 13.9. The van der Waals surface area contributed by atoms with E-state index in [1.807, 2.05) is 26.0 Å². The van der Waals surface area contributed by atoms with Crippen molar-refractivity contribution in [2.24, 2.45) is 5.41 Å². The average Bonchev–Trinajstić information content (AvgIpc) is 2.70. The molecule has 1 N–H and O–H groups in total. The molecule has 2 aliphatic heterocycles. The van der Waals surface area contributed by atoms with Crippen molar-refractivity contribution in [3.8, 4) is 11.6 Å². The SMILES string of the molecule is Cc1ncccc1Oc1ncnc(N2CCC3(CC2)CC(O)CN(C)C3=O)c1C. The Hall–Kier alpha value is -2.74. The minimum absolute atomic E-state index is 0.151. The van der Waals surface area contributed by atoms with Crippen molar-refractivity contribution in [3.63, 3.8) is 0 Å². The molecule has 2 aromatic heterocycles. The summed E-state index contributed by atoms with van der Waals surface area (Å²) >= 11 is 0. The number of likely N-dealkylation sites (tertiary alicyclic amines) is 1. The van der Waals surface area contributed by atoms with E-state index in [9.17, 15) is 9.90 Å². The third kappa shape index (κ3) is 3.64. The predicted molar refractivity (Wildman–Crippen MR) is 108 cm³/mol. The van der Waals surface area contributed by atoms with Crippen LogP contribution in [0.15, 0.2) is 24.7 Å². The van der Waals surface area contributed by atoms with E-state index in [4.69, 9.17) is 4.74 Å². The van der Waals surface area contributed by atoms with Crippen molar-refractivity contribution in [3.05, 3.63) is 35.9 Å². The molecule has 1 atom stereocenters. The van der Waals surface area contributed by atoms with Crippen LogP contribution in [0.5, 0.6) is 11.6 Å². The molecule has 4 heterocycles. The van der Waals surface area contributed by atoms with Gasteiger partial charge in [0.15, 0.2) is 5.75 Å². The highest BCUT2D eigenvalue weighted by Crippen LogP contribution is 2.42. The fourth-order valence-corrected chi connectivity index (χ4v) is 4.50. The summed E-state index contributed by atoms with van der Waals surface area (Å²) in [6, 6.07) is 3.70. The summed E-state index contributed by atoms with van der Waals surface area (Å²) < 4.78 is 5.99. The van der Waals surface area contributed by atoms with Gasteiger partial charge in [0.25, 0.3) is 0 Å². The van der Waals surface area contributed by atoms with Crippen molar-refractivity contribution < 1.29 is 14.6 Å². The minimum Gasteiger partial charge on any atom is -0.437 e. The fraction of sp³-hybridized carbons (Fsp3) is 0.524.